The maximum atomic E-state index is 10.7. The Bertz CT molecular complexity index is 1220. The number of benzene rings is 2. The molecule has 0 heterocycles. The Labute approximate surface area is 246 Å². The molecule has 0 unspecified atom stereocenters. The first-order valence-electron chi connectivity index (χ1n) is 13.0. The smallest absolute Gasteiger partial charge is 0.349 e. The van der Waals surface area contributed by atoms with Crippen LogP contribution >= 0.6 is 0 Å². The van der Waals surface area contributed by atoms with Gasteiger partial charge in [-0.25, -0.2) is 9.59 Å². The van der Waals surface area contributed by atoms with Gasteiger partial charge in [-0.1, -0.05) is 18.2 Å². The van der Waals surface area contributed by atoms with Crippen molar-refractivity contribution in [1.82, 2.24) is 0 Å². The van der Waals surface area contributed by atoms with Crippen LogP contribution in [0.2, 0.25) is 45.8 Å². The molecule has 2 aromatic rings. The number of aliphatic carboxylic acids is 2. The van der Waals surface area contributed by atoms with E-state index >= 15 is 0 Å². The second kappa shape index (κ2) is 15.2. The molecule has 226 valence electrons. The average Bonchev–Trinajstić information content (AvgIpc) is 2.83. The number of ether oxygens (including phenoxy) is 3. The fraction of sp³-hybridized carbons (Fsp3) is 0.379. The fourth-order valence-electron chi connectivity index (χ4n) is 4.13. The van der Waals surface area contributed by atoms with Crippen LogP contribution in [0.1, 0.15) is 16.7 Å². The van der Waals surface area contributed by atoms with Gasteiger partial charge in [-0.3, -0.25) is 0 Å². The summed E-state index contributed by atoms with van der Waals surface area (Å²) in [7, 11) is -1.56. The molecule has 0 saturated carbocycles. The molecule has 2 N–H and O–H groups in total. The molecule has 12 heteroatoms. The highest BCUT2D eigenvalue weighted by Gasteiger charge is 2.43. The standard InChI is InChI=1S/C17H30O4Si3.C12H14O5/c1-14-13-15(10-12-17(18)19)9-11-16(14)24(8,20-22(2,3)4)21-23(5,6)7;1-15-9-6-8(4-5-11(13)14)7-10(16-2)12(9)17-3/h9-13H,1-8H3,(H,18,19);4-7H,1-3H3,(H,13,14). The summed E-state index contributed by atoms with van der Waals surface area (Å²) in [6.07, 6.45) is 5.26. The number of methoxy groups -OCH3 is 3. The molecular weight excluding hydrogens is 577 g/mol. The van der Waals surface area contributed by atoms with Gasteiger partial charge in [-0.15, -0.1) is 0 Å². The van der Waals surface area contributed by atoms with Crippen LogP contribution in [0.25, 0.3) is 12.2 Å². The molecule has 0 radical (unpaired) electrons. The highest BCUT2D eigenvalue weighted by Crippen LogP contribution is 2.38. The molecule has 0 spiro atoms. The summed E-state index contributed by atoms with van der Waals surface area (Å²) in [5.41, 5.74) is 2.62. The van der Waals surface area contributed by atoms with Crippen molar-refractivity contribution in [3.63, 3.8) is 0 Å². The molecule has 0 amide bonds. The van der Waals surface area contributed by atoms with Crippen LogP contribution in [-0.2, 0) is 17.8 Å². The summed E-state index contributed by atoms with van der Waals surface area (Å²) in [5, 5.41) is 18.5. The Hall–Kier alpha value is -3.17. The SMILES string of the molecule is COc1cc(C=CC(=O)O)cc(OC)c1OC.Cc1cc(C=CC(=O)O)ccc1[Si](C)(O[Si](C)(C)C)O[Si](C)(C)C. The Kier molecular flexibility index (Phi) is 13.3. The zero-order valence-electron chi connectivity index (χ0n) is 25.9. The zero-order valence-corrected chi connectivity index (χ0v) is 28.9. The lowest BCUT2D eigenvalue weighted by Gasteiger charge is -2.39. The van der Waals surface area contributed by atoms with E-state index in [2.05, 4.69) is 45.8 Å². The Morgan fingerprint density at radius 3 is 1.46 bits per heavy atom. The van der Waals surface area contributed by atoms with Crippen molar-refractivity contribution in [2.45, 2.75) is 52.8 Å². The first kappa shape index (κ1) is 35.9. The maximum Gasteiger partial charge on any atom is 0.349 e. The van der Waals surface area contributed by atoms with E-state index in [1.807, 2.05) is 25.1 Å². The van der Waals surface area contributed by atoms with Crippen molar-refractivity contribution in [1.29, 1.82) is 0 Å². The van der Waals surface area contributed by atoms with Crippen molar-refractivity contribution in [3.05, 3.63) is 59.2 Å². The normalized spacial score (nSPS) is 12.2. The van der Waals surface area contributed by atoms with Gasteiger partial charge in [0, 0.05) is 12.2 Å². The molecule has 0 aromatic heterocycles. The van der Waals surface area contributed by atoms with Gasteiger partial charge in [0.2, 0.25) is 5.75 Å². The van der Waals surface area contributed by atoms with E-state index in [-0.39, 0.29) is 0 Å². The van der Waals surface area contributed by atoms with Gasteiger partial charge in [-0.2, -0.15) is 0 Å². The number of carboxylic acid groups (broad SMARTS) is 2. The third-order valence-electron chi connectivity index (χ3n) is 5.27. The topological polar surface area (TPSA) is 121 Å². The fourth-order valence-corrected chi connectivity index (χ4v) is 16.1. The second-order valence-electron chi connectivity index (χ2n) is 11.3. The number of rotatable bonds is 12. The van der Waals surface area contributed by atoms with Gasteiger partial charge in [0.05, 0.1) is 21.3 Å². The van der Waals surface area contributed by atoms with E-state index in [4.69, 9.17) is 32.7 Å². The number of hydrogen-bond donors (Lipinski definition) is 2. The van der Waals surface area contributed by atoms with E-state index in [1.165, 1.54) is 27.4 Å². The second-order valence-corrected chi connectivity index (χ2v) is 23.8. The molecule has 0 aliphatic rings. The van der Waals surface area contributed by atoms with Crippen LogP contribution in [0.5, 0.6) is 17.2 Å². The van der Waals surface area contributed by atoms with Crippen molar-refractivity contribution in [2.75, 3.05) is 21.3 Å². The highest BCUT2D eigenvalue weighted by atomic mass is 28.5. The lowest BCUT2D eigenvalue weighted by atomic mass is 10.1. The number of carbonyl (C=O) groups is 2. The molecular formula is C29H44O9Si3. The van der Waals surface area contributed by atoms with E-state index in [1.54, 1.807) is 18.2 Å². The Balaban J connectivity index is 0.000000435. The molecule has 0 atom stereocenters. The van der Waals surface area contributed by atoms with Crippen molar-refractivity contribution < 1.29 is 42.2 Å². The van der Waals surface area contributed by atoms with Gasteiger partial charge in [0.25, 0.3) is 0 Å². The summed E-state index contributed by atoms with van der Waals surface area (Å²) in [5.74, 6) is -0.518. The maximum absolute atomic E-state index is 10.7. The van der Waals surface area contributed by atoms with Gasteiger partial charge >= 0.3 is 20.5 Å². The van der Waals surface area contributed by atoms with Crippen LogP contribution in [0, 0.1) is 6.92 Å². The Morgan fingerprint density at radius 2 is 1.12 bits per heavy atom. The molecule has 0 saturated heterocycles. The minimum atomic E-state index is -2.53. The third kappa shape index (κ3) is 12.5. The highest BCUT2D eigenvalue weighted by molar-refractivity contribution is 6.94. The van der Waals surface area contributed by atoms with Gasteiger partial charge < -0.3 is 32.7 Å². The van der Waals surface area contributed by atoms with E-state index in [0.717, 1.165) is 28.5 Å². The molecule has 9 nitrogen and oxygen atoms in total. The molecule has 0 bridgehead atoms. The van der Waals surface area contributed by atoms with Gasteiger partial charge in [-0.05, 0) is 98.9 Å². The quantitative estimate of drug-likeness (QED) is 0.221. The summed E-state index contributed by atoms with van der Waals surface area (Å²) >= 11 is 0. The first-order chi connectivity index (χ1) is 18.8. The first-order valence-corrected chi connectivity index (χ1v) is 22.1. The van der Waals surface area contributed by atoms with Crippen LogP contribution in [-0.4, -0.2) is 68.7 Å². The van der Waals surface area contributed by atoms with Crippen molar-refractivity contribution in [2.24, 2.45) is 0 Å². The van der Waals surface area contributed by atoms with Crippen LogP contribution in [0.15, 0.2) is 42.5 Å². The van der Waals surface area contributed by atoms with Gasteiger partial charge in [0.1, 0.15) is 0 Å². The average molecular weight is 621 g/mol. The van der Waals surface area contributed by atoms with Gasteiger partial charge in [0.15, 0.2) is 28.1 Å². The van der Waals surface area contributed by atoms with E-state index in [9.17, 15) is 9.59 Å². The van der Waals surface area contributed by atoms with E-state index < -0.39 is 37.1 Å². The van der Waals surface area contributed by atoms with Crippen LogP contribution < -0.4 is 19.4 Å². The van der Waals surface area contributed by atoms with Crippen molar-refractivity contribution >= 4 is 54.5 Å². The van der Waals surface area contributed by atoms with Crippen LogP contribution in [0.4, 0.5) is 0 Å². The third-order valence-corrected chi connectivity index (χ3v) is 14.8. The predicted octanol–water partition coefficient (Wildman–Crippen LogP) is 5.89. The lowest BCUT2D eigenvalue weighted by Crippen LogP contribution is -2.61. The summed E-state index contributed by atoms with van der Waals surface area (Å²) in [4.78, 5) is 21.1. The molecule has 0 aliphatic heterocycles. The number of carboxylic acids is 2. The Morgan fingerprint density at radius 1 is 0.683 bits per heavy atom. The molecule has 2 rings (SSSR count). The predicted molar refractivity (Wildman–Crippen MR) is 171 cm³/mol. The monoisotopic (exact) mass is 620 g/mol. The summed E-state index contributed by atoms with van der Waals surface area (Å²) in [6, 6.07) is 9.32. The molecule has 2 aromatic carbocycles. The zero-order chi connectivity index (χ0) is 31.6. The minimum absolute atomic E-state index is 0.475. The summed E-state index contributed by atoms with van der Waals surface area (Å²) in [6.45, 7) is 17.3. The van der Waals surface area contributed by atoms with Crippen molar-refractivity contribution in [3.8, 4) is 17.2 Å². The molecule has 0 fully saturated rings. The largest absolute Gasteiger partial charge is 0.493 e. The molecule has 41 heavy (non-hydrogen) atoms. The number of hydrogen-bond acceptors (Lipinski definition) is 7. The summed E-state index contributed by atoms with van der Waals surface area (Å²) < 4.78 is 28.6. The number of aryl methyl sites for hydroxylation is 1. The van der Waals surface area contributed by atoms with Crippen LogP contribution in [0.3, 0.4) is 0 Å². The minimum Gasteiger partial charge on any atom is -0.493 e. The molecule has 0 aliphatic carbocycles. The lowest BCUT2D eigenvalue weighted by molar-refractivity contribution is -0.132. The van der Waals surface area contributed by atoms with E-state index in [0.29, 0.717) is 22.8 Å².